The van der Waals surface area contributed by atoms with Gasteiger partial charge in [0.25, 0.3) is 0 Å². The van der Waals surface area contributed by atoms with E-state index in [0.717, 1.165) is 77.0 Å². The number of hydrogen-bond donors (Lipinski definition) is 9. The van der Waals surface area contributed by atoms with Gasteiger partial charge in [0.15, 0.2) is 12.6 Å². The first kappa shape index (κ1) is 63.3. The molecule has 14 heteroatoms. The van der Waals surface area contributed by atoms with Crippen molar-refractivity contribution in [3.05, 3.63) is 36.5 Å². The molecule has 2 fully saturated rings. The molecular weight excluding hydrogens is 883 g/mol. The van der Waals surface area contributed by atoms with Crippen LogP contribution in [0.1, 0.15) is 213 Å². The lowest BCUT2D eigenvalue weighted by Gasteiger charge is -2.46. The predicted octanol–water partition coefficient (Wildman–Crippen LogP) is 8.27. The van der Waals surface area contributed by atoms with Crippen LogP contribution in [0, 0.1) is 0 Å². The highest BCUT2D eigenvalue weighted by molar-refractivity contribution is 5.76. The number of unbranched alkanes of at least 4 members (excludes halogenated alkanes) is 24. The first-order valence-corrected chi connectivity index (χ1v) is 27.7. The van der Waals surface area contributed by atoms with E-state index in [1.807, 2.05) is 0 Å². The molecule has 0 radical (unpaired) electrons. The maximum Gasteiger partial charge on any atom is 0.220 e. The molecule has 0 aromatic carbocycles. The number of ether oxygens (including phenoxy) is 4. The number of aliphatic hydroxyl groups is 8. The van der Waals surface area contributed by atoms with Crippen LogP contribution in [0.3, 0.4) is 0 Å². The van der Waals surface area contributed by atoms with Gasteiger partial charge in [-0.1, -0.05) is 192 Å². The van der Waals surface area contributed by atoms with E-state index in [-0.39, 0.29) is 18.9 Å². The summed E-state index contributed by atoms with van der Waals surface area (Å²) in [6.07, 6.45) is 31.3. The number of rotatable bonds is 43. The largest absolute Gasteiger partial charge is 0.394 e. The Morgan fingerprint density at radius 2 is 0.957 bits per heavy atom. The van der Waals surface area contributed by atoms with Crippen LogP contribution < -0.4 is 5.32 Å². The lowest BCUT2D eigenvalue weighted by Crippen LogP contribution is -2.65. The Balaban J connectivity index is 1.79. The summed E-state index contributed by atoms with van der Waals surface area (Å²) in [6.45, 7) is 2.83. The van der Waals surface area contributed by atoms with Crippen molar-refractivity contribution >= 4 is 5.91 Å². The Labute approximate surface area is 417 Å². The molecule has 0 spiro atoms. The Kier molecular flexibility index (Phi) is 38.2. The summed E-state index contributed by atoms with van der Waals surface area (Å²) in [7, 11) is 0. The summed E-state index contributed by atoms with van der Waals surface area (Å²) < 4.78 is 22.8. The molecule has 0 aromatic rings. The van der Waals surface area contributed by atoms with Crippen LogP contribution in [-0.2, 0) is 23.7 Å². The smallest absolute Gasteiger partial charge is 0.220 e. The standard InChI is InChI=1S/C55H101NO13/c1-3-5-7-9-11-13-15-17-19-20-21-22-23-24-25-27-29-31-33-35-37-39-47(60)56-43(44(59)38-36-34-32-30-28-26-18-16-14-12-10-8-6-4-2)42-66-54-52(65)50(63)53(46(41-58)68-54)69-55-51(64)49(62)48(61)45(40-57)67-55/h15,17,20-21,23-24,43-46,48-55,57-59,61-65H,3-14,16,18-19,22,25-42H2,1-2H3,(H,56,60)/b17-15-,21-20-,24-23-. The summed E-state index contributed by atoms with van der Waals surface area (Å²) in [4.78, 5) is 13.2. The minimum absolute atomic E-state index is 0.219. The Morgan fingerprint density at radius 1 is 0.522 bits per heavy atom. The van der Waals surface area contributed by atoms with Crippen molar-refractivity contribution in [1.82, 2.24) is 5.32 Å². The third-order valence-electron chi connectivity index (χ3n) is 13.6. The molecule has 2 rings (SSSR count). The Morgan fingerprint density at radius 3 is 1.46 bits per heavy atom. The number of carbonyl (C=O) groups excluding carboxylic acids is 1. The second-order valence-electron chi connectivity index (χ2n) is 19.7. The molecule has 0 aliphatic carbocycles. The highest BCUT2D eigenvalue weighted by Crippen LogP contribution is 2.30. The number of nitrogens with one attached hydrogen (secondary N) is 1. The van der Waals surface area contributed by atoms with Crippen molar-refractivity contribution in [2.24, 2.45) is 0 Å². The molecule has 0 saturated carbocycles. The molecule has 404 valence electrons. The van der Waals surface area contributed by atoms with Gasteiger partial charge >= 0.3 is 0 Å². The van der Waals surface area contributed by atoms with Crippen LogP contribution in [0.4, 0.5) is 0 Å². The number of aliphatic hydroxyl groups excluding tert-OH is 8. The van der Waals surface area contributed by atoms with Crippen LogP contribution in [-0.4, -0.2) is 140 Å². The number of hydrogen-bond acceptors (Lipinski definition) is 13. The monoisotopic (exact) mass is 984 g/mol. The van der Waals surface area contributed by atoms with Gasteiger partial charge in [0.1, 0.15) is 48.8 Å². The van der Waals surface area contributed by atoms with E-state index in [1.54, 1.807) is 0 Å². The predicted molar refractivity (Wildman–Crippen MR) is 272 cm³/mol. The lowest BCUT2D eigenvalue weighted by molar-refractivity contribution is -0.359. The van der Waals surface area contributed by atoms with Gasteiger partial charge in [0.2, 0.25) is 5.91 Å². The van der Waals surface area contributed by atoms with Gasteiger partial charge in [-0.2, -0.15) is 0 Å². The van der Waals surface area contributed by atoms with E-state index in [2.05, 4.69) is 55.6 Å². The summed E-state index contributed by atoms with van der Waals surface area (Å²) >= 11 is 0. The van der Waals surface area contributed by atoms with Crippen molar-refractivity contribution in [1.29, 1.82) is 0 Å². The summed E-state index contributed by atoms with van der Waals surface area (Å²) in [5, 5.41) is 87.0. The van der Waals surface area contributed by atoms with Gasteiger partial charge in [-0.3, -0.25) is 4.79 Å². The van der Waals surface area contributed by atoms with Crippen LogP contribution in [0.15, 0.2) is 36.5 Å². The van der Waals surface area contributed by atoms with Crippen molar-refractivity contribution in [2.45, 2.75) is 286 Å². The minimum atomic E-state index is -1.78. The normalized spacial score (nSPS) is 26.4. The molecular formula is C55H101NO13. The van der Waals surface area contributed by atoms with Crippen LogP contribution in [0.5, 0.6) is 0 Å². The summed E-state index contributed by atoms with van der Waals surface area (Å²) in [5.74, 6) is -0.219. The third-order valence-corrected chi connectivity index (χ3v) is 13.6. The lowest BCUT2D eigenvalue weighted by atomic mass is 9.97. The first-order chi connectivity index (χ1) is 33.6. The zero-order valence-corrected chi connectivity index (χ0v) is 43.1. The van der Waals surface area contributed by atoms with Gasteiger partial charge in [-0.05, 0) is 51.4 Å². The van der Waals surface area contributed by atoms with Crippen molar-refractivity contribution in [3.8, 4) is 0 Å². The fourth-order valence-electron chi connectivity index (χ4n) is 9.07. The van der Waals surface area contributed by atoms with E-state index in [0.29, 0.717) is 12.8 Å². The molecule has 0 aromatic heterocycles. The minimum Gasteiger partial charge on any atom is -0.394 e. The second kappa shape index (κ2) is 41.7. The number of allylic oxidation sites excluding steroid dienone is 6. The zero-order valence-electron chi connectivity index (χ0n) is 43.1. The molecule has 12 atom stereocenters. The van der Waals surface area contributed by atoms with Gasteiger partial charge in [-0.25, -0.2) is 0 Å². The SMILES string of the molecule is CCCCCCC/C=C\C/C=C\C/C=C\CCCCCCCCC(=O)NC(COC1OC(CO)C(OC2OC(CO)C(O)C(O)C2O)C(O)C1O)C(O)CCCCCCCCCCCCCCCC. The quantitative estimate of drug-likeness (QED) is 0.0207. The topological polar surface area (TPSA) is 228 Å². The van der Waals surface area contributed by atoms with E-state index >= 15 is 0 Å². The third kappa shape index (κ3) is 28.3. The fraction of sp³-hybridized carbons (Fsp3) is 0.873. The highest BCUT2D eigenvalue weighted by Gasteiger charge is 2.51. The van der Waals surface area contributed by atoms with E-state index in [9.17, 15) is 45.6 Å². The molecule has 2 heterocycles. The molecule has 69 heavy (non-hydrogen) atoms. The van der Waals surface area contributed by atoms with Gasteiger partial charge in [0.05, 0.1) is 32.0 Å². The molecule has 14 nitrogen and oxygen atoms in total. The van der Waals surface area contributed by atoms with Crippen molar-refractivity contribution in [2.75, 3.05) is 19.8 Å². The maximum absolute atomic E-state index is 13.2. The summed E-state index contributed by atoms with van der Waals surface area (Å²) in [5.41, 5.74) is 0. The Hall–Kier alpha value is -1.79. The van der Waals surface area contributed by atoms with Gasteiger partial charge < -0.3 is 65.1 Å². The second-order valence-corrected chi connectivity index (χ2v) is 19.7. The number of carbonyl (C=O) groups is 1. The molecule has 0 bridgehead atoms. The highest BCUT2D eigenvalue weighted by atomic mass is 16.7. The van der Waals surface area contributed by atoms with Crippen molar-refractivity contribution in [3.63, 3.8) is 0 Å². The Bertz CT molecular complexity index is 1300. The van der Waals surface area contributed by atoms with Crippen LogP contribution in [0.2, 0.25) is 0 Å². The van der Waals surface area contributed by atoms with Gasteiger partial charge in [-0.15, -0.1) is 0 Å². The number of amides is 1. The van der Waals surface area contributed by atoms with Crippen LogP contribution in [0.25, 0.3) is 0 Å². The summed E-state index contributed by atoms with van der Waals surface area (Å²) in [6, 6.07) is -0.835. The average Bonchev–Trinajstić information content (AvgIpc) is 3.35. The molecule has 2 saturated heterocycles. The molecule has 9 N–H and O–H groups in total. The molecule has 1 amide bonds. The average molecular weight is 984 g/mol. The fourth-order valence-corrected chi connectivity index (χ4v) is 9.07. The zero-order chi connectivity index (χ0) is 50.3. The first-order valence-electron chi connectivity index (χ1n) is 27.7. The maximum atomic E-state index is 13.2. The van der Waals surface area contributed by atoms with E-state index < -0.39 is 86.8 Å². The molecule has 2 aliphatic rings. The van der Waals surface area contributed by atoms with Crippen LogP contribution >= 0.6 is 0 Å². The van der Waals surface area contributed by atoms with E-state index in [4.69, 9.17) is 18.9 Å². The van der Waals surface area contributed by atoms with Gasteiger partial charge in [0, 0.05) is 6.42 Å². The van der Waals surface area contributed by atoms with Crippen molar-refractivity contribution < 1.29 is 64.6 Å². The molecule has 2 aliphatic heterocycles. The molecule has 12 unspecified atom stereocenters. The van der Waals surface area contributed by atoms with E-state index in [1.165, 1.54) is 103 Å².